The van der Waals surface area contributed by atoms with E-state index < -0.39 is 22.5 Å². The Bertz CT molecular complexity index is 961. The molecule has 0 aliphatic carbocycles. The van der Waals surface area contributed by atoms with Gasteiger partial charge in [0.2, 0.25) is 10.0 Å². The van der Waals surface area contributed by atoms with E-state index in [1.54, 1.807) is 56.5 Å². The van der Waals surface area contributed by atoms with E-state index in [-0.39, 0.29) is 0 Å². The molecule has 1 N–H and O–H groups in total. The van der Waals surface area contributed by atoms with Crippen molar-refractivity contribution in [3.8, 4) is 5.75 Å². The zero-order chi connectivity index (χ0) is 20.0. The van der Waals surface area contributed by atoms with E-state index in [9.17, 15) is 13.2 Å². The number of sulfonamides is 1. The molecule has 0 atom stereocenters. The summed E-state index contributed by atoms with van der Waals surface area (Å²) in [5.74, 6) is 0.0731. The van der Waals surface area contributed by atoms with Gasteiger partial charge in [-0.05, 0) is 42.3 Å². The van der Waals surface area contributed by atoms with Gasteiger partial charge in [0.15, 0.2) is 0 Å². The Hall–Kier alpha value is -2.58. The predicted molar refractivity (Wildman–Crippen MR) is 107 cm³/mol. The summed E-state index contributed by atoms with van der Waals surface area (Å²) in [6, 6.07) is 12.0. The fraction of sp³-hybridized carbons (Fsp3) is 0.222. The molecule has 0 unspecified atom stereocenters. The van der Waals surface area contributed by atoms with Crippen molar-refractivity contribution in [1.82, 2.24) is 5.43 Å². The first-order valence-electron chi connectivity index (χ1n) is 7.91. The van der Waals surface area contributed by atoms with Crippen molar-refractivity contribution in [2.24, 2.45) is 5.10 Å². The summed E-state index contributed by atoms with van der Waals surface area (Å²) in [6.45, 7) is 1.27. The molecule has 0 radical (unpaired) electrons. The molecule has 0 aliphatic heterocycles. The first-order chi connectivity index (χ1) is 12.7. The van der Waals surface area contributed by atoms with E-state index in [0.717, 1.165) is 16.1 Å². The molecule has 0 bridgehead atoms. The highest BCUT2D eigenvalue weighted by atomic mass is 35.5. The summed E-state index contributed by atoms with van der Waals surface area (Å²) in [5, 5.41) is 4.27. The summed E-state index contributed by atoms with van der Waals surface area (Å²) < 4.78 is 30.4. The van der Waals surface area contributed by atoms with Gasteiger partial charge in [-0.15, -0.1) is 0 Å². The Balaban J connectivity index is 2.12. The fourth-order valence-electron chi connectivity index (χ4n) is 2.31. The Morgan fingerprint density at radius 1 is 1.30 bits per heavy atom. The maximum absolute atomic E-state index is 12.2. The van der Waals surface area contributed by atoms with Crippen molar-refractivity contribution in [3.63, 3.8) is 0 Å². The molecule has 2 aromatic rings. The molecule has 0 saturated heterocycles. The number of methoxy groups -OCH3 is 1. The van der Waals surface area contributed by atoms with Gasteiger partial charge in [-0.1, -0.05) is 29.8 Å². The number of carbonyl (C=O) groups excluding carboxylic acids is 1. The van der Waals surface area contributed by atoms with Gasteiger partial charge < -0.3 is 4.74 Å². The summed E-state index contributed by atoms with van der Waals surface area (Å²) in [7, 11) is -2.14. The molecule has 0 heterocycles. The third-order valence-corrected chi connectivity index (χ3v) is 5.23. The van der Waals surface area contributed by atoms with Crippen molar-refractivity contribution in [2.75, 3.05) is 24.2 Å². The molecular formula is C18H20ClN3O4S. The molecule has 9 heteroatoms. The Kier molecular flexibility index (Phi) is 6.81. The van der Waals surface area contributed by atoms with E-state index in [1.807, 2.05) is 0 Å². The molecule has 27 heavy (non-hydrogen) atoms. The molecule has 0 spiro atoms. The van der Waals surface area contributed by atoms with Crippen LogP contribution >= 0.6 is 11.6 Å². The van der Waals surface area contributed by atoms with Crippen LogP contribution in [0.25, 0.3) is 0 Å². The number of anilines is 1. The molecule has 7 nitrogen and oxygen atoms in total. The molecule has 2 aromatic carbocycles. The van der Waals surface area contributed by atoms with Gasteiger partial charge in [0.05, 0.1) is 25.3 Å². The lowest BCUT2D eigenvalue weighted by Gasteiger charge is -2.23. The minimum atomic E-state index is -3.69. The smallest absolute Gasteiger partial charge is 0.260 e. The predicted octanol–water partition coefficient (Wildman–Crippen LogP) is 2.57. The number of halogens is 1. The fourth-order valence-corrected chi connectivity index (χ4v) is 3.39. The Morgan fingerprint density at radius 2 is 2.00 bits per heavy atom. The minimum absolute atomic E-state index is 0.344. The number of hydrogen-bond donors (Lipinski definition) is 1. The van der Waals surface area contributed by atoms with Gasteiger partial charge >= 0.3 is 0 Å². The monoisotopic (exact) mass is 409 g/mol. The minimum Gasteiger partial charge on any atom is -0.497 e. The zero-order valence-corrected chi connectivity index (χ0v) is 16.7. The van der Waals surface area contributed by atoms with Crippen molar-refractivity contribution in [2.45, 2.75) is 6.92 Å². The van der Waals surface area contributed by atoms with E-state index >= 15 is 0 Å². The van der Waals surface area contributed by atoms with Crippen molar-refractivity contribution in [1.29, 1.82) is 0 Å². The van der Waals surface area contributed by atoms with E-state index in [0.29, 0.717) is 22.0 Å². The van der Waals surface area contributed by atoms with Gasteiger partial charge in [0.25, 0.3) is 5.91 Å². The number of rotatable bonds is 7. The van der Waals surface area contributed by atoms with Crippen LogP contribution in [0.2, 0.25) is 5.02 Å². The summed E-state index contributed by atoms with van der Waals surface area (Å²) in [6.07, 6.45) is 2.47. The standard InChI is InChI=1S/C18H20ClN3O4S/c1-13-16(19)8-5-9-17(13)22(27(3,24)25)12-18(23)21-20-11-14-6-4-7-15(10-14)26-2/h4-11H,12H2,1-3H3,(H,21,23)/b20-11-. The van der Waals surface area contributed by atoms with Gasteiger partial charge in [-0.25, -0.2) is 13.8 Å². The quantitative estimate of drug-likeness (QED) is 0.562. The second kappa shape index (κ2) is 8.88. The van der Waals surface area contributed by atoms with Gasteiger partial charge in [0.1, 0.15) is 12.3 Å². The summed E-state index contributed by atoms with van der Waals surface area (Å²) in [4.78, 5) is 12.2. The second-order valence-electron chi connectivity index (χ2n) is 5.72. The first-order valence-corrected chi connectivity index (χ1v) is 10.1. The average molecular weight is 410 g/mol. The van der Waals surface area contributed by atoms with Crippen LogP contribution in [0.15, 0.2) is 47.6 Å². The van der Waals surface area contributed by atoms with Crippen LogP contribution in [0.5, 0.6) is 5.75 Å². The maximum atomic E-state index is 12.2. The molecular weight excluding hydrogens is 390 g/mol. The number of amides is 1. The lowest BCUT2D eigenvalue weighted by Crippen LogP contribution is -2.39. The highest BCUT2D eigenvalue weighted by molar-refractivity contribution is 7.92. The average Bonchev–Trinajstić information content (AvgIpc) is 2.61. The van der Waals surface area contributed by atoms with Crippen molar-refractivity contribution in [3.05, 3.63) is 58.6 Å². The van der Waals surface area contributed by atoms with Crippen molar-refractivity contribution >= 4 is 39.4 Å². The maximum Gasteiger partial charge on any atom is 0.260 e. The lowest BCUT2D eigenvalue weighted by atomic mass is 10.2. The third kappa shape index (κ3) is 5.70. The third-order valence-electron chi connectivity index (χ3n) is 3.69. The van der Waals surface area contributed by atoms with Gasteiger partial charge in [-0.3, -0.25) is 9.10 Å². The van der Waals surface area contributed by atoms with Crippen LogP contribution in [0.1, 0.15) is 11.1 Å². The second-order valence-corrected chi connectivity index (χ2v) is 8.04. The van der Waals surface area contributed by atoms with Crippen molar-refractivity contribution < 1.29 is 17.9 Å². The molecule has 0 saturated carbocycles. The lowest BCUT2D eigenvalue weighted by molar-refractivity contribution is -0.119. The number of hydrogen-bond acceptors (Lipinski definition) is 5. The summed E-state index contributed by atoms with van der Waals surface area (Å²) >= 11 is 6.06. The van der Waals surface area contributed by atoms with Gasteiger partial charge in [-0.2, -0.15) is 5.10 Å². The topological polar surface area (TPSA) is 88.1 Å². The van der Waals surface area contributed by atoms with E-state index in [1.165, 1.54) is 6.21 Å². The molecule has 0 fully saturated rings. The van der Waals surface area contributed by atoms with Crippen LogP contribution < -0.4 is 14.5 Å². The Morgan fingerprint density at radius 3 is 2.67 bits per heavy atom. The molecule has 0 aliphatic rings. The van der Waals surface area contributed by atoms with Crippen LogP contribution in [0, 0.1) is 6.92 Å². The number of hydrazone groups is 1. The number of nitrogens with one attached hydrogen (secondary N) is 1. The highest BCUT2D eigenvalue weighted by Gasteiger charge is 2.22. The molecule has 1 amide bonds. The van der Waals surface area contributed by atoms with Crippen LogP contribution in [0.3, 0.4) is 0 Å². The van der Waals surface area contributed by atoms with E-state index in [2.05, 4.69) is 10.5 Å². The number of nitrogens with zero attached hydrogens (tertiary/aromatic N) is 2. The number of benzene rings is 2. The summed E-state index contributed by atoms with van der Waals surface area (Å²) in [5.41, 5.74) is 3.96. The van der Waals surface area contributed by atoms with Crippen LogP contribution in [-0.4, -0.2) is 40.4 Å². The SMILES string of the molecule is COc1cccc(/C=N\NC(=O)CN(c2cccc(Cl)c2C)S(C)(=O)=O)c1. The molecule has 0 aromatic heterocycles. The normalized spacial score (nSPS) is 11.4. The number of carbonyl (C=O) groups is 1. The van der Waals surface area contributed by atoms with Gasteiger partial charge in [0, 0.05) is 5.02 Å². The first kappa shape index (κ1) is 20.7. The zero-order valence-electron chi connectivity index (χ0n) is 15.1. The largest absolute Gasteiger partial charge is 0.497 e. The number of ether oxygens (including phenoxy) is 1. The van der Waals surface area contributed by atoms with Crippen LogP contribution in [-0.2, 0) is 14.8 Å². The van der Waals surface area contributed by atoms with Crippen LogP contribution in [0.4, 0.5) is 5.69 Å². The Labute approximate surface area is 163 Å². The molecule has 144 valence electrons. The highest BCUT2D eigenvalue weighted by Crippen LogP contribution is 2.27. The molecule has 2 rings (SSSR count). The van der Waals surface area contributed by atoms with E-state index in [4.69, 9.17) is 16.3 Å².